The number of rotatable bonds is 10. The number of halogens is 5. The monoisotopic (exact) mass is 533 g/mol. The van der Waals surface area contributed by atoms with E-state index in [-0.39, 0.29) is 17.3 Å². The molecule has 0 radical (unpaired) electrons. The normalized spacial score (nSPS) is 12.9. The second-order valence-corrected chi connectivity index (χ2v) is 9.39. The summed E-state index contributed by atoms with van der Waals surface area (Å²) in [5.41, 5.74) is 1.85. The third kappa shape index (κ3) is 11.5. The molecule has 0 aliphatic heterocycles. The number of carbonyl (C=O) groups excluding carboxylic acids is 1. The predicted octanol–water partition coefficient (Wildman–Crippen LogP) is 9.76. The Balaban J connectivity index is 0.00000196. The standard InChI is InChI=1S/C21H20Cl2F3NOS.C5H12/c1-5-7-16(8-6-2)13-27-15(4)18(20(28)21(24,25)26)12-19(27)29-17(9-10-22)11-14(3)23;1-4-5(2)3/h5-12H,1,3,13H2,2,4H3;5H,4H2,1-3H3/b8-6-,10-9+,16-7+,17-11+;. The Kier molecular flexibility index (Phi) is 15.0. The first-order valence-electron chi connectivity index (χ1n) is 10.6. The zero-order valence-corrected chi connectivity index (χ0v) is 22.5. The zero-order chi connectivity index (χ0) is 26.5. The number of ketones is 1. The Morgan fingerprint density at radius 2 is 1.88 bits per heavy atom. The lowest BCUT2D eigenvalue weighted by Gasteiger charge is -2.13. The van der Waals surface area contributed by atoms with Gasteiger partial charge in [0.25, 0.3) is 5.78 Å². The van der Waals surface area contributed by atoms with E-state index in [1.807, 2.05) is 19.1 Å². The fourth-order valence-corrected chi connectivity index (χ4v) is 3.90. The van der Waals surface area contributed by atoms with Crippen LogP contribution in [0.1, 0.15) is 50.2 Å². The number of allylic oxidation sites excluding steroid dienone is 8. The molecule has 1 heterocycles. The van der Waals surface area contributed by atoms with Crippen LogP contribution in [0.25, 0.3) is 0 Å². The topological polar surface area (TPSA) is 22.0 Å². The van der Waals surface area contributed by atoms with E-state index >= 15 is 0 Å². The van der Waals surface area contributed by atoms with Gasteiger partial charge in [-0.2, -0.15) is 13.2 Å². The largest absolute Gasteiger partial charge is 0.454 e. The minimum atomic E-state index is -4.97. The number of hydrogen-bond donors (Lipinski definition) is 0. The highest BCUT2D eigenvalue weighted by Gasteiger charge is 2.41. The summed E-state index contributed by atoms with van der Waals surface area (Å²) < 4.78 is 40.8. The van der Waals surface area contributed by atoms with Gasteiger partial charge in [0, 0.05) is 33.3 Å². The summed E-state index contributed by atoms with van der Waals surface area (Å²) in [6.07, 6.45) is 6.34. The van der Waals surface area contributed by atoms with Gasteiger partial charge in [0.1, 0.15) is 0 Å². The molecule has 2 nitrogen and oxygen atoms in total. The molecule has 1 aromatic heterocycles. The van der Waals surface area contributed by atoms with Crippen LogP contribution in [0.5, 0.6) is 0 Å². The SMILES string of the molecule is C=C/C=C(\C=C/C)Cn1c(SC(/C=C/Cl)=C/C(=C)Cl)cc(C(=O)C(F)(F)F)c1C.CCC(C)C. The van der Waals surface area contributed by atoms with Crippen molar-refractivity contribution in [1.82, 2.24) is 4.57 Å². The highest BCUT2D eigenvalue weighted by atomic mass is 35.5. The van der Waals surface area contributed by atoms with Crippen molar-refractivity contribution in [2.45, 2.75) is 58.8 Å². The minimum absolute atomic E-state index is 0.202. The smallest absolute Gasteiger partial charge is 0.335 e. The molecule has 0 saturated heterocycles. The van der Waals surface area contributed by atoms with E-state index in [4.69, 9.17) is 23.2 Å². The molecule has 188 valence electrons. The number of carbonyl (C=O) groups is 1. The van der Waals surface area contributed by atoms with Gasteiger partial charge in [0.2, 0.25) is 0 Å². The Morgan fingerprint density at radius 1 is 1.29 bits per heavy atom. The van der Waals surface area contributed by atoms with Crippen molar-refractivity contribution < 1.29 is 18.0 Å². The molecular formula is C26H32Cl2F3NOS. The summed E-state index contributed by atoms with van der Waals surface area (Å²) in [4.78, 5) is 12.4. The lowest BCUT2D eigenvalue weighted by molar-refractivity contribution is -0.0885. The second kappa shape index (κ2) is 15.9. The number of aromatic nitrogens is 1. The van der Waals surface area contributed by atoms with Crippen molar-refractivity contribution in [3.05, 3.63) is 88.0 Å². The maximum atomic E-state index is 13.0. The second-order valence-electron chi connectivity index (χ2n) is 7.56. The van der Waals surface area contributed by atoms with Gasteiger partial charge in [0.05, 0.1) is 5.03 Å². The summed E-state index contributed by atoms with van der Waals surface area (Å²) in [7, 11) is 0. The van der Waals surface area contributed by atoms with E-state index in [0.29, 0.717) is 9.93 Å². The van der Waals surface area contributed by atoms with Gasteiger partial charge in [-0.25, -0.2) is 0 Å². The molecule has 0 spiro atoms. The van der Waals surface area contributed by atoms with Gasteiger partial charge < -0.3 is 4.57 Å². The van der Waals surface area contributed by atoms with E-state index in [9.17, 15) is 18.0 Å². The third-order valence-electron chi connectivity index (χ3n) is 4.45. The van der Waals surface area contributed by atoms with Crippen LogP contribution < -0.4 is 0 Å². The summed E-state index contributed by atoms with van der Waals surface area (Å²) in [5.74, 6) is -1.01. The van der Waals surface area contributed by atoms with Gasteiger partial charge in [-0.1, -0.05) is 99.6 Å². The lowest BCUT2D eigenvalue weighted by atomic mass is 10.1. The Hall–Kier alpha value is -1.89. The quantitative estimate of drug-likeness (QED) is 0.169. The predicted molar refractivity (Wildman–Crippen MR) is 142 cm³/mol. The summed E-state index contributed by atoms with van der Waals surface area (Å²) in [5, 5.41) is 0.651. The maximum absolute atomic E-state index is 13.0. The Bertz CT molecular complexity index is 967. The molecule has 0 aromatic carbocycles. The van der Waals surface area contributed by atoms with E-state index in [1.54, 1.807) is 16.7 Å². The molecule has 0 atom stereocenters. The molecule has 1 rings (SSSR count). The molecule has 0 saturated carbocycles. The van der Waals surface area contributed by atoms with Gasteiger partial charge >= 0.3 is 6.18 Å². The fourth-order valence-electron chi connectivity index (χ4n) is 2.44. The number of Topliss-reactive ketones (excluding diaryl/α,β-unsaturated/α-hetero) is 1. The van der Waals surface area contributed by atoms with Crippen molar-refractivity contribution in [3.63, 3.8) is 0 Å². The van der Waals surface area contributed by atoms with E-state index < -0.39 is 17.5 Å². The lowest BCUT2D eigenvalue weighted by Crippen LogP contribution is -2.23. The average Bonchev–Trinajstić information content (AvgIpc) is 3.02. The molecule has 0 amide bonds. The van der Waals surface area contributed by atoms with Crippen LogP contribution in [0.4, 0.5) is 13.2 Å². The molecular weight excluding hydrogens is 502 g/mol. The molecule has 0 fully saturated rings. The number of alkyl halides is 3. The Morgan fingerprint density at radius 3 is 2.29 bits per heavy atom. The molecule has 0 unspecified atom stereocenters. The van der Waals surface area contributed by atoms with E-state index in [2.05, 4.69) is 33.9 Å². The number of thioether (sulfide) groups is 1. The minimum Gasteiger partial charge on any atom is -0.335 e. The van der Waals surface area contributed by atoms with Crippen LogP contribution in [-0.4, -0.2) is 16.5 Å². The van der Waals surface area contributed by atoms with Crippen LogP contribution in [0.2, 0.25) is 0 Å². The molecule has 0 N–H and O–H groups in total. The van der Waals surface area contributed by atoms with E-state index in [0.717, 1.165) is 23.3 Å². The van der Waals surface area contributed by atoms with Crippen LogP contribution in [0.3, 0.4) is 0 Å². The zero-order valence-electron chi connectivity index (χ0n) is 20.2. The third-order valence-corrected chi connectivity index (χ3v) is 5.72. The summed E-state index contributed by atoms with van der Waals surface area (Å²) in [6.45, 7) is 17.4. The van der Waals surface area contributed by atoms with Gasteiger partial charge in [0.15, 0.2) is 0 Å². The first-order chi connectivity index (χ1) is 15.8. The molecule has 34 heavy (non-hydrogen) atoms. The van der Waals surface area contributed by atoms with Crippen molar-refractivity contribution in [2.24, 2.45) is 5.92 Å². The molecule has 1 aromatic rings. The summed E-state index contributed by atoms with van der Waals surface area (Å²) >= 11 is 12.6. The van der Waals surface area contributed by atoms with Crippen molar-refractivity contribution in [3.8, 4) is 0 Å². The van der Waals surface area contributed by atoms with Gasteiger partial charge in [-0.05, 0) is 43.6 Å². The van der Waals surface area contributed by atoms with E-state index in [1.165, 1.54) is 37.1 Å². The van der Waals surface area contributed by atoms with Crippen LogP contribution in [-0.2, 0) is 6.54 Å². The van der Waals surface area contributed by atoms with Crippen molar-refractivity contribution >= 4 is 40.7 Å². The van der Waals surface area contributed by atoms with Crippen molar-refractivity contribution in [2.75, 3.05) is 0 Å². The average molecular weight is 535 g/mol. The summed E-state index contributed by atoms with van der Waals surface area (Å²) in [6, 6.07) is 1.23. The van der Waals surface area contributed by atoms with Gasteiger partial charge in [-0.15, -0.1) is 0 Å². The molecule has 0 aliphatic carbocycles. The first kappa shape index (κ1) is 32.1. The van der Waals surface area contributed by atoms with Crippen LogP contribution in [0, 0.1) is 12.8 Å². The highest BCUT2D eigenvalue weighted by Crippen LogP contribution is 2.35. The number of nitrogens with zero attached hydrogens (tertiary/aromatic N) is 1. The highest BCUT2D eigenvalue weighted by molar-refractivity contribution is 8.03. The van der Waals surface area contributed by atoms with Crippen LogP contribution in [0.15, 0.2) is 81.8 Å². The molecule has 0 aliphatic rings. The molecule has 8 heteroatoms. The van der Waals surface area contributed by atoms with Gasteiger partial charge in [-0.3, -0.25) is 4.79 Å². The first-order valence-corrected chi connectivity index (χ1v) is 12.2. The van der Waals surface area contributed by atoms with Crippen LogP contribution >= 0.6 is 35.0 Å². The maximum Gasteiger partial charge on any atom is 0.454 e. The van der Waals surface area contributed by atoms with Crippen molar-refractivity contribution in [1.29, 1.82) is 0 Å². The fraction of sp³-hybridized carbons (Fsp3) is 0.346. The Labute approximate surface area is 215 Å². The molecule has 0 bridgehead atoms. The number of hydrogen-bond acceptors (Lipinski definition) is 2.